The van der Waals surface area contributed by atoms with E-state index >= 15 is 0 Å². The van der Waals surface area contributed by atoms with Crippen molar-refractivity contribution in [1.82, 2.24) is 15.0 Å². The third-order valence-electron chi connectivity index (χ3n) is 2.32. The lowest BCUT2D eigenvalue weighted by atomic mass is 10.1. The van der Waals surface area contributed by atoms with E-state index in [9.17, 15) is 0 Å². The van der Waals surface area contributed by atoms with Crippen molar-refractivity contribution in [1.29, 1.82) is 0 Å². The maximum Gasteiger partial charge on any atom is 0.322 e. The first-order valence-electron chi connectivity index (χ1n) is 5.10. The molecule has 90 valence electrons. The van der Waals surface area contributed by atoms with Gasteiger partial charge in [-0.05, 0) is 6.42 Å². The first kappa shape index (κ1) is 13.0. The molecular formula is C10H16ClN3O2. The summed E-state index contributed by atoms with van der Waals surface area (Å²) in [6.07, 6.45) is 0.846. The second-order valence-corrected chi connectivity index (χ2v) is 3.94. The number of methoxy groups -OCH3 is 2. The molecule has 0 amide bonds. The Hall–Kier alpha value is -1.10. The molecular weight excluding hydrogens is 230 g/mol. The topological polar surface area (TPSA) is 57.1 Å². The Morgan fingerprint density at radius 1 is 1.12 bits per heavy atom. The van der Waals surface area contributed by atoms with Gasteiger partial charge in [-0.2, -0.15) is 9.97 Å². The zero-order valence-electron chi connectivity index (χ0n) is 9.90. The molecule has 1 aromatic heterocycles. The molecule has 0 aliphatic rings. The smallest absolute Gasteiger partial charge is 0.322 e. The van der Waals surface area contributed by atoms with E-state index in [-0.39, 0.29) is 23.3 Å². The van der Waals surface area contributed by atoms with E-state index in [1.165, 1.54) is 14.2 Å². The minimum absolute atomic E-state index is 0.0168. The summed E-state index contributed by atoms with van der Waals surface area (Å²) in [5.74, 6) is 0.614. The van der Waals surface area contributed by atoms with E-state index in [0.29, 0.717) is 5.82 Å². The number of hydrogen-bond donors (Lipinski definition) is 0. The fourth-order valence-electron chi connectivity index (χ4n) is 1.25. The van der Waals surface area contributed by atoms with Gasteiger partial charge in [-0.3, -0.25) is 0 Å². The number of ether oxygens (including phenoxy) is 2. The zero-order valence-corrected chi connectivity index (χ0v) is 10.7. The predicted octanol–water partition coefficient (Wildman–Crippen LogP) is 2.01. The number of hydrogen-bond acceptors (Lipinski definition) is 5. The van der Waals surface area contributed by atoms with Gasteiger partial charge in [0, 0.05) is 11.3 Å². The third kappa shape index (κ3) is 2.95. The standard InChI is InChI=1S/C10H16ClN3O2/c1-5-7(11)6(2)8-12-9(15-3)14-10(13-8)16-4/h6-7H,5H2,1-4H3. The number of rotatable bonds is 5. The van der Waals surface area contributed by atoms with Crippen molar-refractivity contribution in [3.63, 3.8) is 0 Å². The van der Waals surface area contributed by atoms with E-state index in [2.05, 4.69) is 15.0 Å². The van der Waals surface area contributed by atoms with Crippen molar-refractivity contribution < 1.29 is 9.47 Å². The van der Waals surface area contributed by atoms with Crippen LogP contribution < -0.4 is 9.47 Å². The van der Waals surface area contributed by atoms with E-state index < -0.39 is 0 Å². The Kier molecular flexibility index (Phi) is 4.73. The molecule has 1 aromatic rings. The van der Waals surface area contributed by atoms with Crippen LogP contribution in [0.4, 0.5) is 0 Å². The maximum atomic E-state index is 6.16. The fraction of sp³-hybridized carbons (Fsp3) is 0.700. The average Bonchev–Trinajstić information content (AvgIpc) is 2.35. The molecule has 0 N–H and O–H groups in total. The highest BCUT2D eigenvalue weighted by molar-refractivity contribution is 6.21. The van der Waals surface area contributed by atoms with Gasteiger partial charge < -0.3 is 9.47 Å². The van der Waals surface area contributed by atoms with Crippen LogP contribution in [0.3, 0.4) is 0 Å². The monoisotopic (exact) mass is 245 g/mol. The molecule has 0 fully saturated rings. The second kappa shape index (κ2) is 5.84. The molecule has 2 atom stereocenters. The molecule has 6 heteroatoms. The summed E-state index contributed by atoms with van der Waals surface area (Å²) in [7, 11) is 3.00. The van der Waals surface area contributed by atoms with Crippen molar-refractivity contribution in [2.75, 3.05) is 14.2 Å². The molecule has 2 unspecified atom stereocenters. The lowest BCUT2D eigenvalue weighted by Gasteiger charge is -2.15. The highest BCUT2D eigenvalue weighted by atomic mass is 35.5. The van der Waals surface area contributed by atoms with Crippen LogP contribution in [-0.2, 0) is 0 Å². The van der Waals surface area contributed by atoms with Crippen molar-refractivity contribution in [2.45, 2.75) is 31.6 Å². The molecule has 0 aromatic carbocycles. The number of aromatic nitrogens is 3. The summed E-state index contributed by atoms with van der Waals surface area (Å²) in [6.45, 7) is 3.99. The van der Waals surface area contributed by atoms with Gasteiger partial charge in [-0.25, -0.2) is 0 Å². The zero-order chi connectivity index (χ0) is 12.1. The highest BCUT2D eigenvalue weighted by Gasteiger charge is 2.20. The minimum atomic E-state index is -0.0168. The largest absolute Gasteiger partial charge is 0.467 e. The first-order chi connectivity index (χ1) is 7.62. The van der Waals surface area contributed by atoms with E-state index in [1.54, 1.807) is 0 Å². The van der Waals surface area contributed by atoms with E-state index in [4.69, 9.17) is 21.1 Å². The maximum absolute atomic E-state index is 6.16. The molecule has 1 heterocycles. The molecule has 0 bridgehead atoms. The van der Waals surface area contributed by atoms with Crippen LogP contribution in [0.25, 0.3) is 0 Å². The lowest BCUT2D eigenvalue weighted by Crippen LogP contribution is -2.14. The molecule has 0 radical (unpaired) electrons. The molecule has 0 spiro atoms. The first-order valence-corrected chi connectivity index (χ1v) is 5.54. The van der Waals surface area contributed by atoms with Gasteiger partial charge in [0.05, 0.1) is 14.2 Å². The Bertz CT molecular complexity index is 327. The van der Waals surface area contributed by atoms with E-state index in [0.717, 1.165) is 6.42 Å². The Morgan fingerprint density at radius 2 is 1.62 bits per heavy atom. The minimum Gasteiger partial charge on any atom is -0.467 e. The van der Waals surface area contributed by atoms with Gasteiger partial charge in [0.2, 0.25) is 0 Å². The fourth-order valence-corrected chi connectivity index (χ4v) is 1.37. The Balaban J connectivity index is 3.02. The van der Waals surface area contributed by atoms with Gasteiger partial charge in [-0.15, -0.1) is 16.6 Å². The van der Waals surface area contributed by atoms with Gasteiger partial charge in [0.1, 0.15) is 5.82 Å². The molecule has 0 saturated carbocycles. The Labute approximate surface area is 100 Å². The summed E-state index contributed by atoms with van der Waals surface area (Å²) in [4.78, 5) is 12.2. The molecule has 1 rings (SSSR count). The van der Waals surface area contributed by atoms with Crippen molar-refractivity contribution >= 4 is 11.6 Å². The quantitative estimate of drug-likeness (QED) is 0.743. The van der Waals surface area contributed by atoms with Crippen LogP contribution in [0.1, 0.15) is 32.0 Å². The molecule has 5 nitrogen and oxygen atoms in total. The highest BCUT2D eigenvalue weighted by Crippen LogP contribution is 2.24. The van der Waals surface area contributed by atoms with Crippen molar-refractivity contribution in [3.8, 4) is 12.0 Å². The number of alkyl halides is 1. The molecule has 0 saturated heterocycles. The van der Waals surface area contributed by atoms with Crippen LogP contribution >= 0.6 is 11.6 Å². The molecule has 0 aliphatic carbocycles. The van der Waals surface area contributed by atoms with Crippen LogP contribution in [0, 0.1) is 0 Å². The van der Waals surface area contributed by atoms with Crippen LogP contribution in [-0.4, -0.2) is 34.5 Å². The van der Waals surface area contributed by atoms with Crippen LogP contribution in [0.15, 0.2) is 0 Å². The van der Waals surface area contributed by atoms with Crippen molar-refractivity contribution in [2.24, 2.45) is 0 Å². The average molecular weight is 246 g/mol. The van der Waals surface area contributed by atoms with Gasteiger partial charge in [-0.1, -0.05) is 13.8 Å². The molecule has 0 aliphatic heterocycles. The summed E-state index contributed by atoms with van der Waals surface area (Å²) < 4.78 is 9.95. The van der Waals surface area contributed by atoms with Gasteiger partial charge >= 0.3 is 12.0 Å². The summed E-state index contributed by atoms with van der Waals surface area (Å²) in [5, 5.41) is -0.0168. The van der Waals surface area contributed by atoms with Gasteiger partial charge in [0.25, 0.3) is 0 Å². The third-order valence-corrected chi connectivity index (χ3v) is 3.00. The normalized spacial score (nSPS) is 14.3. The van der Waals surface area contributed by atoms with E-state index in [1.807, 2.05) is 13.8 Å². The van der Waals surface area contributed by atoms with Crippen LogP contribution in [0.2, 0.25) is 0 Å². The van der Waals surface area contributed by atoms with Crippen molar-refractivity contribution in [3.05, 3.63) is 5.82 Å². The molecule has 16 heavy (non-hydrogen) atoms. The van der Waals surface area contributed by atoms with Gasteiger partial charge in [0.15, 0.2) is 0 Å². The summed E-state index contributed by atoms with van der Waals surface area (Å²) in [6, 6.07) is 0.488. The second-order valence-electron chi connectivity index (χ2n) is 3.38. The van der Waals surface area contributed by atoms with Crippen LogP contribution in [0.5, 0.6) is 12.0 Å². The summed E-state index contributed by atoms with van der Waals surface area (Å²) >= 11 is 6.16. The summed E-state index contributed by atoms with van der Waals surface area (Å²) in [5.41, 5.74) is 0. The number of nitrogens with zero attached hydrogens (tertiary/aromatic N) is 3. The number of halogens is 1. The lowest BCUT2D eigenvalue weighted by molar-refractivity contribution is 0.334. The Morgan fingerprint density at radius 3 is 2.00 bits per heavy atom. The predicted molar refractivity (Wildman–Crippen MR) is 61.3 cm³/mol. The SMILES string of the molecule is CCC(Cl)C(C)c1nc(OC)nc(OC)n1.